The number of hydrogen-bond acceptors (Lipinski definition) is 8. The van der Waals surface area contributed by atoms with Crippen molar-refractivity contribution in [1.29, 1.82) is 0 Å². The zero-order chi connectivity index (χ0) is 25.9. The van der Waals surface area contributed by atoms with Gasteiger partial charge in [-0.25, -0.2) is 0 Å². The van der Waals surface area contributed by atoms with E-state index >= 15 is 0 Å². The normalized spacial score (nSPS) is 11.3. The molecular weight excluding hydrogens is 490 g/mol. The van der Waals surface area contributed by atoms with Crippen LogP contribution < -0.4 is 10.6 Å². The predicted octanol–water partition coefficient (Wildman–Crippen LogP) is 6.27. The third-order valence-corrected chi connectivity index (χ3v) is 6.42. The fraction of sp³-hybridized carbons (Fsp3) is 0.0741. The maximum absolute atomic E-state index is 13.1. The van der Waals surface area contributed by atoms with Crippen LogP contribution in [0.2, 0.25) is 0 Å². The summed E-state index contributed by atoms with van der Waals surface area (Å²) in [4.78, 5) is 24.5. The van der Waals surface area contributed by atoms with Gasteiger partial charge in [0.1, 0.15) is 5.69 Å². The van der Waals surface area contributed by atoms with E-state index in [0.717, 1.165) is 11.5 Å². The highest BCUT2D eigenvalue weighted by molar-refractivity contribution is 7.11. The van der Waals surface area contributed by atoms with Crippen LogP contribution in [0.3, 0.4) is 0 Å². The summed E-state index contributed by atoms with van der Waals surface area (Å²) in [6, 6.07) is 20.9. The average molecular weight is 512 g/mol. The molecule has 0 saturated carbocycles. The third-order valence-electron chi connectivity index (χ3n) is 5.65. The van der Waals surface area contributed by atoms with Gasteiger partial charge in [-0.15, -0.1) is 10.2 Å². The van der Waals surface area contributed by atoms with Crippen LogP contribution in [0.25, 0.3) is 21.7 Å². The van der Waals surface area contributed by atoms with Gasteiger partial charge in [0.2, 0.25) is 5.91 Å². The molecule has 5 rings (SSSR count). The SMILES string of the molecule is CC(=O)Nc1ccc2nsc(/N=N/c3c(O)c(C(=O)Nc4ccc(CO)cc4)cc4ccccc34)c2c1. The molecule has 0 spiro atoms. The lowest BCUT2D eigenvalue weighted by atomic mass is 10.0. The van der Waals surface area contributed by atoms with Crippen LogP contribution in [0.5, 0.6) is 5.75 Å². The number of nitrogens with zero attached hydrogens (tertiary/aromatic N) is 3. The Labute approximate surface area is 215 Å². The molecule has 4 N–H and O–H groups in total. The maximum Gasteiger partial charge on any atom is 0.259 e. The molecule has 0 aliphatic rings. The van der Waals surface area contributed by atoms with Gasteiger partial charge in [-0.05, 0) is 58.9 Å². The standard InChI is InChI=1S/C27H21N5O4S/c1-15(34)28-19-10-11-23-21(13-19)27(37-32-23)31-30-24-20-5-3-2-4-17(20)12-22(25(24)35)26(36)29-18-8-6-16(14-33)7-9-18/h2-13,33,35H,14H2,1H3,(H,28,34)(H,29,36)/b31-30+. The summed E-state index contributed by atoms with van der Waals surface area (Å²) in [7, 11) is 0. The zero-order valence-electron chi connectivity index (χ0n) is 19.6. The molecule has 9 nitrogen and oxygen atoms in total. The van der Waals surface area contributed by atoms with E-state index in [1.807, 2.05) is 18.2 Å². The van der Waals surface area contributed by atoms with Crippen LogP contribution in [-0.2, 0) is 11.4 Å². The Balaban J connectivity index is 1.53. The lowest BCUT2D eigenvalue weighted by molar-refractivity contribution is -0.114. The minimum atomic E-state index is -0.514. The minimum Gasteiger partial charge on any atom is -0.505 e. The molecule has 5 aromatic rings. The second-order valence-corrected chi connectivity index (χ2v) is 9.00. The Hall–Kier alpha value is -4.67. The largest absolute Gasteiger partial charge is 0.505 e. The Morgan fingerprint density at radius 1 is 0.919 bits per heavy atom. The lowest BCUT2D eigenvalue weighted by Crippen LogP contribution is -2.12. The van der Waals surface area contributed by atoms with E-state index in [-0.39, 0.29) is 29.5 Å². The Bertz CT molecular complexity index is 1680. The molecule has 0 saturated heterocycles. The summed E-state index contributed by atoms with van der Waals surface area (Å²) < 4.78 is 4.37. The monoisotopic (exact) mass is 511 g/mol. The van der Waals surface area contributed by atoms with E-state index < -0.39 is 5.91 Å². The molecular formula is C27H21N5O4S. The average Bonchev–Trinajstić information content (AvgIpc) is 3.30. The van der Waals surface area contributed by atoms with Gasteiger partial charge in [-0.1, -0.05) is 36.4 Å². The number of nitrogens with one attached hydrogen (secondary N) is 2. The second kappa shape index (κ2) is 10.1. The summed E-state index contributed by atoms with van der Waals surface area (Å²) >= 11 is 1.13. The molecule has 37 heavy (non-hydrogen) atoms. The van der Waals surface area contributed by atoms with E-state index in [4.69, 9.17) is 0 Å². The topological polar surface area (TPSA) is 136 Å². The van der Waals surface area contributed by atoms with Gasteiger partial charge in [-0.2, -0.15) is 4.37 Å². The predicted molar refractivity (Wildman–Crippen MR) is 144 cm³/mol. The first-order valence-corrected chi connectivity index (χ1v) is 12.0. The minimum absolute atomic E-state index is 0.0426. The quantitative estimate of drug-likeness (QED) is 0.199. The number of rotatable bonds is 6. The van der Waals surface area contributed by atoms with Gasteiger partial charge < -0.3 is 20.8 Å². The first-order chi connectivity index (χ1) is 17.9. The van der Waals surface area contributed by atoms with Crippen LogP contribution in [0, 0.1) is 0 Å². The summed E-state index contributed by atoms with van der Waals surface area (Å²) in [5.41, 5.74) is 2.73. The number of aliphatic hydroxyl groups is 1. The van der Waals surface area contributed by atoms with Gasteiger partial charge in [0.05, 0.1) is 17.7 Å². The molecule has 0 fully saturated rings. The Kier molecular flexibility index (Phi) is 6.59. The number of benzene rings is 4. The Morgan fingerprint density at radius 2 is 1.68 bits per heavy atom. The number of anilines is 2. The number of aromatic hydroxyl groups is 1. The number of aliphatic hydroxyl groups excluding tert-OH is 1. The summed E-state index contributed by atoms with van der Waals surface area (Å²) in [6.07, 6.45) is 0. The van der Waals surface area contributed by atoms with E-state index in [2.05, 4.69) is 25.2 Å². The number of carbonyl (C=O) groups is 2. The first kappa shape index (κ1) is 24.0. The molecule has 1 aromatic heterocycles. The zero-order valence-corrected chi connectivity index (χ0v) is 20.4. The fourth-order valence-electron chi connectivity index (χ4n) is 3.86. The number of phenols is 1. The van der Waals surface area contributed by atoms with Crippen molar-refractivity contribution in [2.75, 3.05) is 10.6 Å². The van der Waals surface area contributed by atoms with Crippen molar-refractivity contribution in [3.63, 3.8) is 0 Å². The van der Waals surface area contributed by atoms with Crippen molar-refractivity contribution in [3.8, 4) is 5.75 Å². The van der Waals surface area contributed by atoms with E-state index in [1.165, 1.54) is 6.92 Å². The molecule has 0 bridgehead atoms. The van der Waals surface area contributed by atoms with Crippen LogP contribution in [-0.4, -0.2) is 26.4 Å². The van der Waals surface area contributed by atoms with Crippen LogP contribution in [0.1, 0.15) is 22.8 Å². The number of phenolic OH excluding ortho intramolecular Hbond substituents is 1. The summed E-state index contributed by atoms with van der Waals surface area (Å²) in [5.74, 6) is -1.01. The highest BCUT2D eigenvalue weighted by Gasteiger charge is 2.19. The lowest BCUT2D eigenvalue weighted by Gasteiger charge is -2.11. The molecule has 2 amide bonds. The van der Waals surface area contributed by atoms with E-state index in [9.17, 15) is 19.8 Å². The highest BCUT2D eigenvalue weighted by atomic mass is 32.1. The van der Waals surface area contributed by atoms with E-state index in [1.54, 1.807) is 54.6 Å². The molecule has 0 atom stereocenters. The first-order valence-electron chi connectivity index (χ1n) is 11.3. The summed E-state index contributed by atoms with van der Waals surface area (Å²) in [6.45, 7) is 1.33. The van der Waals surface area contributed by atoms with Crippen molar-refractivity contribution in [3.05, 3.63) is 83.9 Å². The number of carbonyl (C=O) groups excluding carboxylic acids is 2. The molecule has 0 radical (unpaired) electrons. The van der Waals surface area contributed by atoms with E-state index in [0.29, 0.717) is 43.6 Å². The molecule has 184 valence electrons. The van der Waals surface area contributed by atoms with Crippen LogP contribution >= 0.6 is 11.5 Å². The maximum atomic E-state index is 13.1. The van der Waals surface area contributed by atoms with Crippen molar-refractivity contribution in [2.24, 2.45) is 10.2 Å². The smallest absolute Gasteiger partial charge is 0.259 e. The summed E-state index contributed by atoms with van der Waals surface area (Å²) in [5, 5.41) is 37.0. The van der Waals surface area contributed by atoms with Crippen LogP contribution in [0.15, 0.2) is 83.0 Å². The molecule has 0 unspecified atom stereocenters. The van der Waals surface area contributed by atoms with Gasteiger partial charge in [0, 0.05) is 29.1 Å². The molecule has 10 heteroatoms. The number of fused-ring (bicyclic) bond motifs is 2. The van der Waals surface area contributed by atoms with Gasteiger partial charge in [0.25, 0.3) is 5.91 Å². The number of amides is 2. The number of hydrogen-bond donors (Lipinski definition) is 4. The van der Waals surface area contributed by atoms with Crippen LogP contribution in [0.4, 0.5) is 22.1 Å². The number of aromatic nitrogens is 1. The highest BCUT2D eigenvalue weighted by Crippen LogP contribution is 2.41. The second-order valence-electron chi connectivity index (χ2n) is 8.25. The number of azo groups is 1. The van der Waals surface area contributed by atoms with Crippen molar-refractivity contribution >= 4 is 67.1 Å². The molecule has 0 aliphatic carbocycles. The van der Waals surface area contributed by atoms with Crippen molar-refractivity contribution in [2.45, 2.75) is 13.5 Å². The fourth-order valence-corrected chi connectivity index (χ4v) is 4.54. The molecule has 0 aliphatic heterocycles. The van der Waals surface area contributed by atoms with Crippen molar-refractivity contribution < 1.29 is 19.8 Å². The van der Waals surface area contributed by atoms with Gasteiger partial charge >= 0.3 is 0 Å². The third kappa shape index (κ3) is 5.01. The molecule has 1 heterocycles. The van der Waals surface area contributed by atoms with Crippen molar-refractivity contribution in [1.82, 2.24) is 4.37 Å². The molecule has 4 aromatic carbocycles. The van der Waals surface area contributed by atoms with Gasteiger partial charge in [-0.3, -0.25) is 9.59 Å². The van der Waals surface area contributed by atoms with Gasteiger partial charge in [0.15, 0.2) is 10.8 Å². The Morgan fingerprint density at radius 3 is 2.43 bits per heavy atom.